The largest absolute Gasteiger partial charge is 0.478 e. The van der Waals surface area contributed by atoms with E-state index in [0.717, 1.165) is 6.54 Å². The van der Waals surface area contributed by atoms with Crippen LogP contribution in [-0.4, -0.2) is 45.7 Å². The molecule has 1 aromatic rings. The van der Waals surface area contributed by atoms with Crippen LogP contribution < -0.4 is 0 Å². The molecule has 0 unspecified atom stereocenters. The lowest BCUT2D eigenvalue weighted by atomic mass is 10.1. The van der Waals surface area contributed by atoms with E-state index in [-0.39, 0.29) is 11.1 Å². The molecule has 0 bridgehead atoms. The van der Waals surface area contributed by atoms with E-state index >= 15 is 0 Å². The van der Waals surface area contributed by atoms with Crippen LogP contribution in [0.25, 0.3) is 0 Å². The van der Waals surface area contributed by atoms with E-state index in [2.05, 4.69) is 39.5 Å². The number of benzene rings is 1. The quantitative estimate of drug-likeness (QED) is 0.872. The first-order valence-corrected chi connectivity index (χ1v) is 7.03. The minimum absolute atomic E-state index is 0.190. The number of carbonyl (C=O) groups is 2. The Morgan fingerprint density at radius 1 is 0.952 bits per heavy atom. The molecule has 0 radical (unpaired) electrons. The molecule has 1 rings (SSSR count). The highest BCUT2D eigenvalue weighted by Crippen LogP contribution is 2.07. The molecular weight excluding hydrogens is 270 g/mol. The third-order valence-corrected chi connectivity index (χ3v) is 3.08. The highest BCUT2D eigenvalue weighted by atomic mass is 16.4. The molecule has 0 aromatic heterocycles. The Balaban J connectivity index is 0.000000400. The van der Waals surface area contributed by atoms with Crippen LogP contribution in [0, 0.1) is 0 Å². The average molecular weight is 295 g/mol. The van der Waals surface area contributed by atoms with Crippen molar-refractivity contribution in [3.05, 3.63) is 35.4 Å². The van der Waals surface area contributed by atoms with Crippen molar-refractivity contribution in [2.75, 3.05) is 6.54 Å². The topological polar surface area (TPSA) is 77.8 Å². The van der Waals surface area contributed by atoms with Crippen LogP contribution in [-0.2, 0) is 0 Å². The standard InChI is InChI=1S/C8H19N.C8H6O4/c1-6-9(7(2)3)8(4)5;9-7(10)5-3-1-2-4-6(5)8(11)12/h7-8H,6H2,1-5H3;1-4H,(H,9,10)(H,11,12). The van der Waals surface area contributed by atoms with Gasteiger partial charge in [-0.3, -0.25) is 4.90 Å². The summed E-state index contributed by atoms with van der Waals surface area (Å²) < 4.78 is 0. The molecule has 5 nitrogen and oxygen atoms in total. The molecule has 0 saturated carbocycles. The smallest absolute Gasteiger partial charge is 0.336 e. The first-order valence-electron chi connectivity index (χ1n) is 7.03. The van der Waals surface area contributed by atoms with Crippen molar-refractivity contribution in [2.24, 2.45) is 0 Å². The number of aromatic carboxylic acids is 2. The van der Waals surface area contributed by atoms with Crippen molar-refractivity contribution in [1.82, 2.24) is 4.90 Å². The SMILES string of the molecule is CCN(C(C)C)C(C)C.O=C(O)c1ccccc1C(=O)O. The lowest BCUT2D eigenvalue weighted by Gasteiger charge is -2.28. The second kappa shape index (κ2) is 9.13. The summed E-state index contributed by atoms with van der Waals surface area (Å²) in [4.78, 5) is 23.4. The van der Waals surface area contributed by atoms with Crippen LogP contribution in [0.2, 0.25) is 0 Å². The normalized spacial score (nSPS) is 10.5. The van der Waals surface area contributed by atoms with Gasteiger partial charge < -0.3 is 10.2 Å². The van der Waals surface area contributed by atoms with Gasteiger partial charge in [-0.2, -0.15) is 0 Å². The summed E-state index contributed by atoms with van der Waals surface area (Å²) in [5, 5.41) is 17.1. The van der Waals surface area contributed by atoms with Gasteiger partial charge in [-0.15, -0.1) is 0 Å². The highest BCUT2D eigenvalue weighted by Gasteiger charge is 2.13. The Morgan fingerprint density at radius 3 is 1.43 bits per heavy atom. The van der Waals surface area contributed by atoms with Crippen molar-refractivity contribution < 1.29 is 19.8 Å². The molecule has 0 amide bonds. The van der Waals surface area contributed by atoms with Gasteiger partial charge in [0.15, 0.2) is 0 Å². The van der Waals surface area contributed by atoms with Crippen molar-refractivity contribution in [3.8, 4) is 0 Å². The number of nitrogens with zero attached hydrogens (tertiary/aromatic N) is 1. The molecule has 0 spiro atoms. The summed E-state index contributed by atoms with van der Waals surface area (Å²) >= 11 is 0. The number of rotatable bonds is 5. The minimum atomic E-state index is -1.23. The van der Waals surface area contributed by atoms with Crippen LogP contribution in [0.3, 0.4) is 0 Å². The van der Waals surface area contributed by atoms with Gasteiger partial charge in [0.2, 0.25) is 0 Å². The van der Waals surface area contributed by atoms with Gasteiger partial charge in [-0.1, -0.05) is 19.1 Å². The van der Waals surface area contributed by atoms with Gasteiger partial charge in [0.05, 0.1) is 11.1 Å². The van der Waals surface area contributed by atoms with Gasteiger partial charge in [-0.25, -0.2) is 9.59 Å². The van der Waals surface area contributed by atoms with Gasteiger partial charge in [0, 0.05) is 12.1 Å². The van der Waals surface area contributed by atoms with Crippen LogP contribution in [0.1, 0.15) is 55.3 Å². The monoisotopic (exact) mass is 295 g/mol. The predicted octanol–water partition coefficient (Wildman–Crippen LogP) is 3.21. The van der Waals surface area contributed by atoms with E-state index in [0.29, 0.717) is 12.1 Å². The second-order valence-electron chi connectivity index (χ2n) is 5.17. The molecule has 2 N–H and O–H groups in total. The van der Waals surface area contributed by atoms with E-state index in [1.165, 1.54) is 24.3 Å². The minimum Gasteiger partial charge on any atom is -0.478 e. The van der Waals surface area contributed by atoms with Crippen molar-refractivity contribution in [2.45, 2.75) is 46.7 Å². The van der Waals surface area contributed by atoms with Crippen LogP contribution in [0.15, 0.2) is 24.3 Å². The summed E-state index contributed by atoms with van der Waals surface area (Å²) in [6.07, 6.45) is 0. The van der Waals surface area contributed by atoms with Crippen molar-refractivity contribution in [3.63, 3.8) is 0 Å². The predicted molar refractivity (Wildman–Crippen MR) is 83.0 cm³/mol. The van der Waals surface area contributed by atoms with Gasteiger partial charge in [-0.05, 0) is 46.4 Å². The number of carboxylic acid groups (broad SMARTS) is 2. The average Bonchev–Trinajstić information content (AvgIpc) is 2.39. The fraction of sp³-hybridized carbons (Fsp3) is 0.500. The molecule has 0 aliphatic carbocycles. The molecule has 118 valence electrons. The molecule has 21 heavy (non-hydrogen) atoms. The van der Waals surface area contributed by atoms with Crippen LogP contribution in [0.5, 0.6) is 0 Å². The maximum absolute atomic E-state index is 10.5. The molecule has 0 aliphatic rings. The number of carboxylic acids is 2. The van der Waals surface area contributed by atoms with E-state index in [1.807, 2.05) is 0 Å². The van der Waals surface area contributed by atoms with E-state index < -0.39 is 11.9 Å². The highest BCUT2D eigenvalue weighted by molar-refractivity contribution is 6.01. The zero-order chi connectivity index (χ0) is 16.6. The summed E-state index contributed by atoms with van der Waals surface area (Å²) in [5.41, 5.74) is -0.380. The molecule has 0 heterocycles. The molecule has 0 atom stereocenters. The van der Waals surface area contributed by atoms with Crippen molar-refractivity contribution >= 4 is 11.9 Å². The Morgan fingerprint density at radius 2 is 1.29 bits per heavy atom. The molecule has 1 aromatic carbocycles. The van der Waals surface area contributed by atoms with Crippen LogP contribution >= 0.6 is 0 Å². The maximum Gasteiger partial charge on any atom is 0.336 e. The lowest BCUT2D eigenvalue weighted by molar-refractivity contribution is 0.0651. The number of hydrogen-bond donors (Lipinski definition) is 2. The summed E-state index contributed by atoms with van der Waals surface area (Å²) in [6.45, 7) is 12.3. The Kier molecular flexibility index (Phi) is 8.31. The first kappa shape index (κ1) is 19.1. The van der Waals surface area contributed by atoms with E-state index in [9.17, 15) is 9.59 Å². The molecule has 0 aliphatic heterocycles. The zero-order valence-electron chi connectivity index (χ0n) is 13.3. The maximum atomic E-state index is 10.5. The summed E-state index contributed by atoms with van der Waals surface area (Å²) in [7, 11) is 0. The molecular formula is C16H25NO4. The fourth-order valence-corrected chi connectivity index (χ4v) is 2.18. The Bertz CT molecular complexity index is 428. The third-order valence-electron chi connectivity index (χ3n) is 3.08. The van der Waals surface area contributed by atoms with Gasteiger partial charge in [0.25, 0.3) is 0 Å². The molecule has 0 fully saturated rings. The zero-order valence-corrected chi connectivity index (χ0v) is 13.3. The van der Waals surface area contributed by atoms with Gasteiger partial charge in [0.1, 0.15) is 0 Å². The molecule has 0 saturated heterocycles. The number of hydrogen-bond acceptors (Lipinski definition) is 3. The van der Waals surface area contributed by atoms with E-state index in [4.69, 9.17) is 10.2 Å². The summed E-state index contributed by atoms with van der Waals surface area (Å²) in [5.74, 6) is -2.46. The Hall–Kier alpha value is -1.88. The van der Waals surface area contributed by atoms with Crippen molar-refractivity contribution in [1.29, 1.82) is 0 Å². The fourth-order valence-electron chi connectivity index (χ4n) is 2.18. The lowest BCUT2D eigenvalue weighted by Crippen LogP contribution is -2.36. The van der Waals surface area contributed by atoms with Crippen LogP contribution in [0.4, 0.5) is 0 Å². The third kappa shape index (κ3) is 6.40. The second-order valence-corrected chi connectivity index (χ2v) is 5.17. The van der Waals surface area contributed by atoms with Gasteiger partial charge >= 0.3 is 11.9 Å². The Labute approximate surface area is 126 Å². The molecule has 5 heteroatoms. The van der Waals surface area contributed by atoms with E-state index in [1.54, 1.807) is 0 Å². The first-order chi connectivity index (χ1) is 9.72. The summed E-state index contributed by atoms with van der Waals surface area (Å²) in [6, 6.07) is 6.86.